The first-order valence-electron chi connectivity index (χ1n) is 12.6. The molecule has 2 N–H and O–H groups in total. The van der Waals surface area contributed by atoms with Crippen LogP contribution in [0.25, 0.3) is 16.8 Å². The molecule has 0 amide bonds. The molecular weight excluding hydrogens is 464 g/mol. The Hall–Kier alpha value is -4.07. The second kappa shape index (κ2) is 10.9. The van der Waals surface area contributed by atoms with Crippen molar-refractivity contribution in [2.45, 2.75) is 45.9 Å². The van der Waals surface area contributed by atoms with Crippen LogP contribution in [0.3, 0.4) is 0 Å². The minimum atomic E-state index is -1.21. The molecule has 0 saturated heterocycles. The number of aliphatic hydroxyl groups excluding tert-OH is 1. The fourth-order valence-electron chi connectivity index (χ4n) is 4.69. The Labute approximate surface area is 216 Å². The van der Waals surface area contributed by atoms with Crippen molar-refractivity contribution in [3.8, 4) is 16.8 Å². The van der Waals surface area contributed by atoms with Crippen molar-refractivity contribution in [2.24, 2.45) is 4.99 Å². The van der Waals surface area contributed by atoms with Crippen LogP contribution in [-0.4, -0.2) is 26.9 Å². The zero-order valence-electron chi connectivity index (χ0n) is 21.0. The van der Waals surface area contributed by atoms with Gasteiger partial charge in [-0.3, -0.25) is 9.36 Å². The molecule has 0 spiro atoms. The van der Waals surface area contributed by atoms with Gasteiger partial charge >= 0.3 is 0 Å². The summed E-state index contributed by atoms with van der Waals surface area (Å²) in [5.41, 5.74) is 8.99. The average molecular weight is 495 g/mol. The van der Waals surface area contributed by atoms with Gasteiger partial charge in [0.05, 0.1) is 11.4 Å². The largest absolute Gasteiger partial charge is 0.348 e. The number of hydrogen-bond donors (Lipinski definition) is 2. The van der Waals surface area contributed by atoms with E-state index in [1.165, 1.54) is 0 Å². The van der Waals surface area contributed by atoms with Crippen LogP contribution >= 0.6 is 0 Å². The number of rotatable bonds is 8. The van der Waals surface area contributed by atoms with E-state index in [1.807, 2.05) is 73.7 Å². The van der Waals surface area contributed by atoms with Crippen LogP contribution in [0.2, 0.25) is 0 Å². The fourth-order valence-corrected chi connectivity index (χ4v) is 4.69. The Morgan fingerprint density at radius 3 is 2.30 bits per heavy atom. The SMILES string of the molecule is CCCc1nc(CC)n(-c2ccccc2)c(=O)c1Cc1ccc(-c2ccccc2C2=NC(O)ON2)cc1. The van der Waals surface area contributed by atoms with Crippen molar-refractivity contribution in [2.75, 3.05) is 0 Å². The number of aliphatic hydroxyl groups is 1. The van der Waals surface area contributed by atoms with E-state index in [2.05, 4.69) is 29.5 Å². The molecule has 7 heteroatoms. The van der Waals surface area contributed by atoms with E-state index in [1.54, 1.807) is 4.57 Å². The maximum Gasteiger partial charge on any atom is 0.280 e. The predicted octanol–water partition coefficient (Wildman–Crippen LogP) is 4.56. The van der Waals surface area contributed by atoms with E-state index in [0.717, 1.165) is 57.9 Å². The van der Waals surface area contributed by atoms with Gasteiger partial charge in [-0.15, -0.1) is 0 Å². The molecule has 5 rings (SSSR count). The van der Waals surface area contributed by atoms with Crippen molar-refractivity contribution >= 4 is 5.84 Å². The first-order chi connectivity index (χ1) is 18.1. The quantitative estimate of drug-likeness (QED) is 0.375. The second-order valence-electron chi connectivity index (χ2n) is 8.98. The van der Waals surface area contributed by atoms with E-state index < -0.39 is 6.41 Å². The van der Waals surface area contributed by atoms with E-state index in [-0.39, 0.29) is 5.56 Å². The molecule has 0 aliphatic carbocycles. The van der Waals surface area contributed by atoms with E-state index in [0.29, 0.717) is 18.7 Å². The van der Waals surface area contributed by atoms with Gasteiger partial charge in [0.1, 0.15) is 5.82 Å². The Bertz CT molecular complexity index is 1480. The van der Waals surface area contributed by atoms with Gasteiger partial charge in [-0.25, -0.2) is 20.3 Å². The number of hydrogen-bond acceptors (Lipinski definition) is 6. The molecule has 0 bridgehead atoms. The molecule has 3 aromatic carbocycles. The molecule has 1 aromatic heterocycles. The number of benzene rings is 3. The van der Waals surface area contributed by atoms with Gasteiger partial charge in [0.2, 0.25) is 0 Å². The van der Waals surface area contributed by atoms with Crippen LogP contribution in [0.5, 0.6) is 0 Å². The Kier molecular flexibility index (Phi) is 7.25. The van der Waals surface area contributed by atoms with Crippen molar-refractivity contribution < 1.29 is 9.94 Å². The van der Waals surface area contributed by atoms with E-state index in [4.69, 9.17) is 9.82 Å². The zero-order valence-corrected chi connectivity index (χ0v) is 21.0. The monoisotopic (exact) mass is 494 g/mol. The highest BCUT2D eigenvalue weighted by atomic mass is 16.7. The topological polar surface area (TPSA) is 88.7 Å². The van der Waals surface area contributed by atoms with Crippen molar-refractivity contribution in [1.29, 1.82) is 0 Å². The number of nitrogens with one attached hydrogen (secondary N) is 1. The summed E-state index contributed by atoms with van der Waals surface area (Å²) in [7, 11) is 0. The average Bonchev–Trinajstić information content (AvgIpc) is 3.37. The molecule has 1 aliphatic heterocycles. The number of nitrogens with zero attached hydrogens (tertiary/aromatic N) is 3. The summed E-state index contributed by atoms with van der Waals surface area (Å²) in [4.78, 5) is 27.8. The van der Waals surface area contributed by atoms with Crippen LogP contribution in [0, 0.1) is 0 Å². The summed E-state index contributed by atoms with van der Waals surface area (Å²) in [6, 6.07) is 25.7. The number of aliphatic imine (C=N–C) groups is 1. The number of hydroxylamine groups is 1. The number of aromatic nitrogens is 2. The number of amidine groups is 1. The van der Waals surface area contributed by atoms with Gasteiger partial charge in [-0.2, -0.15) is 0 Å². The molecule has 1 atom stereocenters. The summed E-state index contributed by atoms with van der Waals surface area (Å²) >= 11 is 0. The molecule has 0 radical (unpaired) electrons. The van der Waals surface area contributed by atoms with Crippen LogP contribution in [0.4, 0.5) is 0 Å². The summed E-state index contributed by atoms with van der Waals surface area (Å²) in [5, 5.41) is 9.60. The Morgan fingerprint density at radius 2 is 1.65 bits per heavy atom. The lowest BCUT2D eigenvalue weighted by Crippen LogP contribution is -2.29. The van der Waals surface area contributed by atoms with Gasteiger partial charge in [0.15, 0.2) is 5.84 Å². The molecule has 4 aromatic rings. The third-order valence-corrected chi connectivity index (χ3v) is 6.48. The van der Waals surface area contributed by atoms with Gasteiger partial charge in [-0.1, -0.05) is 87.0 Å². The molecule has 0 fully saturated rings. The molecule has 37 heavy (non-hydrogen) atoms. The smallest absolute Gasteiger partial charge is 0.280 e. The summed E-state index contributed by atoms with van der Waals surface area (Å²) in [6.45, 7) is 4.15. The lowest BCUT2D eigenvalue weighted by atomic mass is 9.96. The minimum absolute atomic E-state index is 0.000186. The lowest BCUT2D eigenvalue weighted by molar-refractivity contribution is -0.102. The lowest BCUT2D eigenvalue weighted by Gasteiger charge is -2.17. The van der Waals surface area contributed by atoms with Crippen molar-refractivity contribution in [3.05, 3.63) is 117 Å². The Balaban J connectivity index is 1.51. The third kappa shape index (κ3) is 5.09. The first kappa shape index (κ1) is 24.6. The number of aryl methyl sites for hydroxylation is 2. The minimum Gasteiger partial charge on any atom is -0.348 e. The van der Waals surface area contributed by atoms with Gasteiger partial charge in [0, 0.05) is 24.0 Å². The first-order valence-corrected chi connectivity index (χ1v) is 12.6. The van der Waals surface area contributed by atoms with Gasteiger partial charge in [0.25, 0.3) is 12.0 Å². The highest BCUT2D eigenvalue weighted by Crippen LogP contribution is 2.26. The molecule has 2 heterocycles. The van der Waals surface area contributed by atoms with Crippen LogP contribution in [0.15, 0.2) is 88.6 Å². The summed E-state index contributed by atoms with van der Waals surface area (Å²) in [5.74, 6) is 1.27. The second-order valence-corrected chi connectivity index (χ2v) is 8.98. The van der Waals surface area contributed by atoms with Crippen molar-refractivity contribution in [1.82, 2.24) is 15.0 Å². The van der Waals surface area contributed by atoms with Crippen LogP contribution < -0.4 is 11.0 Å². The molecule has 1 unspecified atom stereocenters. The van der Waals surface area contributed by atoms with E-state index >= 15 is 0 Å². The van der Waals surface area contributed by atoms with E-state index in [9.17, 15) is 9.90 Å². The highest BCUT2D eigenvalue weighted by Gasteiger charge is 2.20. The van der Waals surface area contributed by atoms with Gasteiger partial charge in [-0.05, 0) is 35.2 Å². The molecule has 0 saturated carbocycles. The standard InChI is InChI=1S/C30H30N4O3/c1-3-10-26-25(29(35)34(27(4-2)31-26)22-11-6-5-7-12-22)19-20-15-17-21(18-16-20)23-13-8-9-14-24(23)28-32-30(36)37-33-28/h5-9,11-18,30,36H,3-4,10,19H2,1-2H3,(H,32,33). The fraction of sp³-hybridized carbons (Fsp3) is 0.233. The maximum absolute atomic E-state index is 13.8. The zero-order chi connectivity index (χ0) is 25.8. The summed E-state index contributed by atoms with van der Waals surface area (Å²) < 4.78 is 1.75. The molecule has 188 valence electrons. The van der Waals surface area contributed by atoms with Crippen LogP contribution in [-0.2, 0) is 24.1 Å². The predicted molar refractivity (Wildman–Crippen MR) is 145 cm³/mol. The number of para-hydroxylation sites is 1. The molecule has 1 aliphatic rings. The van der Waals surface area contributed by atoms with Gasteiger partial charge < -0.3 is 5.11 Å². The summed E-state index contributed by atoms with van der Waals surface area (Å²) in [6.07, 6.45) is 1.66. The van der Waals surface area contributed by atoms with Crippen molar-refractivity contribution in [3.63, 3.8) is 0 Å². The van der Waals surface area contributed by atoms with Crippen LogP contribution in [0.1, 0.15) is 48.5 Å². The maximum atomic E-state index is 13.8. The Morgan fingerprint density at radius 1 is 0.946 bits per heavy atom. The molecular formula is C30H30N4O3. The highest BCUT2D eigenvalue weighted by molar-refractivity contribution is 6.04. The normalized spacial score (nSPS) is 14.9. The molecule has 7 nitrogen and oxygen atoms in total. The third-order valence-electron chi connectivity index (χ3n) is 6.48.